The van der Waals surface area contributed by atoms with Gasteiger partial charge in [0.25, 0.3) is 0 Å². The Bertz CT molecular complexity index is 674. The van der Waals surface area contributed by atoms with Crippen molar-refractivity contribution >= 4 is 23.1 Å². The van der Waals surface area contributed by atoms with E-state index >= 15 is 0 Å². The second kappa shape index (κ2) is 6.89. The fraction of sp³-hybridized carbons (Fsp3) is 0.375. The van der Waals surface area contributed by atoms with Crippen molar-refractivity contribution in [1.82, 2.24) is 4.98 Å². The van der Waals surface area contributed by atoms with Crippen LogP contribution >= 0.6 is 11.3 Å². The molecule has 2 heterocycles. The van der Waals surface area contributed by atoms with E-state index in [1.807, 2.05) is 18.5 Å². The van der Waals surface area contributed by atoms with Gasteiger partial charge in [-0.1, -0.05) is 6.07 Å². The van der Waals surface area contributed by atoms with Crippen LogP contribution in [-0.2, 0) is 11.3 Å². The van der Waals surface area contributed by atoms with Crippen molar-refractivity contribution in [3.63, 3.8) is 0 Å². The number of H-pyrrole nitrogens is 1. The summed E-state index contributed by atoms with van der Waals surface area (Å²) < 4.78 is 4.77. The van der Waals surface area contributed by atoms with Gasteiger partial charge in [0.1, 0.15) is 13.1 Å². The van der Waals surface area contributed by atoms with Crippen LogP contribution in [-0.4, -0.2) is 37.4 Å². The van der Waals surface area contributed by atoms with E-state index < -0.39 is 5.97 Å². The summed E-state index contributed by atoms with van der Waals surface area (Å²) in [6, 6.07) is 4.08. The van der Waals surface area contributed by atoms with Gasteiger partial charge in [-0.05, 0) is 30.9 Å². The van der Waals surface area contributed by atoms with Crippen molar-refractivity contribution in [2.75, 3.05) is 20.7 Å². The van der Waals surface area contributed by atoms with E-state index in [1.165, 1.54) is 12.0 Å². The molecule has 0 aromatic carbocycles. The molecule has 22 heavy (non-hydrogen) atoms. The van der Waals surface area contributed by atoms with E-state index in [4.69, 9.17) is 4.74 Å². The van der Waals surface area contributed by atoms with Crippen molar-refractivity contribution in [1.29, 1.82) is 0 Å². The highest BCUT2D eigenvalue weighted by Crippen LogP contribution is 2.19. The van der Waals surface area contributed by atoms with Gasteiger partial charge in [0.05, 0.1) is 30.3 Å². The van der Waals surface area contributed by atoms with Crippen molar-refractivity contribution in [2.24, 2.45) is 0 Å². The highest BCUT2D eigenvalue weighted by atomic mass is 32.1. The lowest BCUT2D eigenvalue weighted by atomic mass is 10.1. The number of likely N-dealkylation sites (N-methyl/N-ethyl adjacent to an activating group) is 1. The van der Waals surface area contributed by atoms with Crippen LogP contribution in [0.1, 0.15) is 37.0 Å². The molecule has 0 radical (unpaired) electrons. The lowest BCUT2D eigenvalue weighted by Crippen LogP contribution is -3.08. The number of carbonyl (C=O) groups is 2. The second-order valence-corrected chi connectivity index (χ2v) is 6.46. The Morgan fingerprint density at radius 3 is 2.68 bits per heavy atom. The normalized spacial score (nSPS) is 12.2. The summed E-state index contributed by atoms with van der Waals surface area (Å²) in [5, 5.41) is 2.03. The van der Waals surface area contributed by atoms with Crippen LogP contribution in [0.2, 0.25) is 0 Å². The van der Waals surface area contributed by atoms with Gasteiger partial charge in [-0.25, -0.2) is 4.79 Å². The minimum absolute atomic E-state index is 0.00445. The zero-order valence-corrected chi connectivity index (χ0v) is 14.1. The largest absolute Gasteiger partial charge is 0.465 e. The average molecular weight is 321 g/mol. The standard InChI is InChI=1S/C16H20N2O3S/c1-10-14(16(20)21-4)11(2)17-15(10)13(19)9-18(3)8-12-6-5-7-22-12/h5-7,17H,8-9H2,1-4H3/p+1. The van der Waals surface area contributed by atoms with E-state index in [-0.39, 0.29) is 5.78 Å². The van der Waals surface area contributed by atoms with Gasteiger partial charge >= 0.3 is 5.97 Å². The van der Waals surface area contributed by atoms with Crippen molar-refractivity contribution in [2.45, 2.75) is 20.4 Å². The predicted octanol–water partition coefficient (Wildman–Crippen LogP) is 1.38. The third-order valence-electron chi connectivity index (χ3n) is 3.62. The Kier molecular flexibility index (Phi) is 5.15. The highest BCUT2D eigenvalue weighted by molar-refractivity contribution is 7.09. The smallest absolute Gasteiger partial charge is 0.339 e. The highest BCUT2D eigenvalue weighted by Gasteiger charge is 2.24. The van der Waals surface area contributed by atoms with Gasteiger partial charge in [0.15, 0.2) is 0 Å². The first-order valence-electron chi connectivity index (χ1n) is 7.08. The van der Waals surface area contributed by atoms with Crippen LogP contribution in [0.5, 0.6) is 0 Å². The molecule has 2 aromatic rings. The summed E-state index contributed by atoms with van der Waals surface area (Å²) in [6.45, 7) is 4.74. The quantitative estimate of drug-likeness (QED) is 0.624. The maximum Gasteiger partial charge on any atom is 0.339 e. The number of aryl methyl sites for hydroxylation is 1. The minimum Gasteiger partial charge on any atom is -0.465 e. The van der Waals surface area contributed by atoms with E-state index in [0.29, 0.717) is 29.1 Å². The molecule has 0 amide bonds. The first kappa shape index (κ1) is 16.5. The van der Waals surface area contributed by atoms with E-state index in [2.05, 4.69) is 11.1 Å². The molecule has 0 saturated heterocycles. The zero-order valence-electron chi connectivity index (χ0n) is 13.3. The number of carbonyl (C=O) groups excluding carboxylic acids is 2. The summed E-state index contributed by atoms with van der Waals surface area (Å²) in [4.78, 5) is 29.6. The van der Waals surface area contributed by atoms with Crippen molar-refractivity contribution in [3.05, 3.63) is 44.9 Å². The number of methoxy groups -OCH3 is 1. The predicted molar refractivity (Wildman–Crippen MR) is 85.7 cm³/mol. The van der Waals surface area contributed by atoms with Crippen LogP contribution in [0.4, 0.5) is 0 Å². The summed E-state index contributed by atoms with van der Waals surface area (Å²) in [7, 11) is 3.33. The van der Waals surface area contributed by atoms with E-state index in [9.17, 15) is 9.59 Å². The number of ether oxygens (including phenoxy) is 1. The Labute approximate surface area is 133 Å². The molecular formula is C16H21N2O3S+. The van der Waals surface area contributed by atoms with Crippen LogP contribution in [0.15, 0.2) is 17.5 Å². The summed E-state index contributed by atoms with van der Waals surface area (Å²) in [5.41, 5.74) is 2.30. The topological polar surface area (TPSA) is 63.6 Å². The number of quaternary nitrogens is 1. The number of ketones is 1. The lowest BCUT2D eigenvalue weighted by molar-refractivity contribution is -0.884. The van der Waals surface area contributed by atoms with Crippen molar-refractivity contribution < 1.29 is 19.2 Å². The molecule has 6 heteroatoms. The number of Topliss-reactive ketones (excluding diaryl/α,β-unsaturated/α-hetero) is 1. The third kappa shape index (κ3) is 3.45. The van der Waals surface area contributed by atoms with Gasteiger partial charge in [-0.15, -0.1) is 11.3 Å². The van der Waals surface area contributed by atoms with Gasteiger partial charge in [0, 0.05) is 5.69 Å². The van der Waals surface area contributed by atoms with Gasteiger partial charge in [0.2, 0.25) is 5.78 Å². The van der Waals surface area contributed by atoms with Crippen molar-refractivity contribution in [3.8, 4) is 0 Å². The molecule has 118 valence electrons. The molecule has 0 aliphatic heterocycles. The molecule has 5 nitrogen and oxygen atoms in total. The van der Waals surface area contributed by atoms with Crippen LogP contribution in [0.3, 0.4) is 0 Å². The molecule has 0 aliphatic rings. The van der Waals surface area contributed by atoms with E-state index in [0.717, 1.165) is 11.4 Å². The molecular weight excluding hydrogens is 300 g/mol. The minimum atomic E-state index is -0.412. The summed E-state index contributed by atoms with van der Waals surface area (Å²) in [6.07, 6.45) is 0. The number of aromatic nitrogens is 1. The number of nitrogens with one attached hydrogen (secondary N) is 2. The average Bonchev–Trinajstić information content (AvgIpc) is 3.06. The van der Waals surface area contributed by atoms with Crippen LogP contribution in [0, 0.1) is 13.8 Å². The van der Waals surface area contributed by atoms with Gasteiger partial charge < -0.3 is 14.6 Å². The van der Waals surface area contributed by atoms with Gasteiger partial charge in [-0.3, -0.25) is 4.79 Å². The molecule has 2 aromatic heterocycles. The first-order chi connectivity index (χ1) is 10.4. The molecule has 2 rings (SSSR count). The molecule has 2 N–H and O–H groups in total. The summed E-state index contributed by atoms with van der Waals surface area (Å²) >= 11 is 1.69. The second-order valence-electron chi connectivity index (χ2n) is 5.43. The molecule has 1 unspecified atom stereocenters. The maximum absolute atomic E-state index is 12.5. The lowest BCUT2D eigenvalue weighted by Gasteiger charge is -2.11. The number of hydrogen-bond acceptors (Lipinski definition) is 4. The Morgan fingerprint density at radius 2 is 2.09 bits per heavy atom. The van der Waals surface area contributed by atoms with E-state index in [1.54, 1.807) is 25.2 Å². The SMILES string of the molecule is COC(=O)c1c(C)[nH]c(C(=O)C[NH+](C)Cc2cccs2)c1C. The molecule has 1 atom stereocenters. The Balaban J connectivity index is 2.11. The van der Waals surface area contributed by atoms with Crippen LogP contribution < -0.4 is 4.90 Å². The molecule has 0 bridgehead atoms. The molecule has 0 spiro atoms. The third-order valence-corrected chi connectivity index (χ3v) is 4.50. The number of hydrogen-bond donors (Lipinski definition) is 2. The number of esters is 1. The fourth-order valence-corrected chi connectivity index (χ4v) is 3.39. The zero-order chi connectivity index (χ0) is 16.3. The Hall–Kier alpha value is -1.92. The fourth-order valence-electron chi connectivity index (χ4n) is 2.57. The summed E-state index contributed by atoms with van der Waals surface area (Å²) in [5.74, 6) is -0.408. The number of aromatic amines is 1. The van der Waals surface area contributed by atoms with Crippen LogP contribution in [0.25, 0.3) is 0 Å². The maximum atomic E-state index is 12.5. The number of rotatable bonds is 6. The molecule has 0 saturated carbocycles. The molecule has 0 fully saturated rings. The Morgan fingerprint density at radius 1 is 1.36 bits per heavy atom. The first-order valence-corrected chi connectivity index (χ1v) is 7.96. The van der Waals surface area contributed by atoms with Gasteiger partial charge in [-0.2, -0.15) is 0 Å². The molecule has 0 aliphatic carbocycles. The monoisotopic (exact) mass is 321 g/mol. The number of thiophene rings is 1.